The largest absolute Gasteiger partial charge is 0.507 e. The van der Waals surface area contributed by atoms with Gasteiger partial charge in [0.05, 0.1) is 0 Å². The number of allylic oxidation sites excluding steroid dienone is 4. The maximum Gasteiger partial charge on any atom is 0.125 e. The smallest absolute Gasteiger partial charge is 0.125 e. The first-order valence-corrected chi connectivity index (χ1v) is 8.32. The molecule has 1 fully saturated rings. The van der Waals surface area contributed by atoms with E-state index in [4.69, 9.17) is 0 Å². The molecule has 3 aliphatic rings. The molecule has 1 saturated heterocycles. The Kier molecular flexibility index (Phi) is 3.58. The molecule has 3 heteroatoms. The summed E-state index contributed by atoms with van der Waals surface area (Å²) in [6, 6.07) is 6.28. The van der Waals surface area contributed by atoms with Gasteiger partial charge in [0.2, 0.25) is 0 Å². The Labute approximate surface area is 137 Å². The second-order valence-electron chi connectivity index (χ2n) is 6.38. The quantitative estimate of drug-likeness (QED) is 0.747. The van der Waals surface area contributed by atoms with E-state index in [9.17, 15) is 5.11 Å². The minimum atomic E-state index is -0.0642. The summed E-state index contributed by atoms with van der Waals surface area (Å²) in [7, 11) is 0. The molecule has 0 amide bonds. The van der Waals surface area contributed by atoms with Crippen LogP contribution < -0.4 is 10.6 Å². The average Bonchev–Trinajstić information content (AvgIpc) is 2.57. The molecule has 0 bridgehead atoms. The van der Waals surface area contributed by atoms with Crippen molar-refractivity contribution in [1.29, 1.82) is 0 Å². The van der Waals surface area contributed by atoms with Gasteiger partial charge in [-0.2, -0.15) is 0 Å². The number of phenolic OH excluding ortho intramolecular Hbond substituents is 1. The van der Waals surface area contributed by atoms with Gasteiger partial charge < -0.3 is 10.4 Å². The van der Waals surface area contributed by atoms with Crippen LogP contribution in [-0.4, -0.2) is 11.1 Å². The Morgan fingerprint density at radius 2 is 2.26 bits per heavy atom. The summed E-state index contributed by atoms with van der Waals surface area (Å²) < 4.78 is 0. The number of aromatic hydroxyl groups is 1. The van der Waals surface area contributed by atoms with Crippen molar-refractivity contribution in [2.24, 2.45) is 0 Å². The second kappa shape index (κ2) is 5.74. The summed E-state index contributed by atoms with van der Waals surface area (Å²) in [6.07, 6.45) is 12.5. The maximum absolute atomic E-state index is 10.6. The average molecular weight is 306 g/mol. The summed E-state index contributed by atoms with van der Waals surface area (Å²) in [5.41, 5.74) is 5.92. The van der Waals surface area contributed by atoms with Crippen molar-refractivity contribution in [3.8, 4) is 5.75 Å². The number of rotatable bonds is 3. The lowest BCUT2D eigenvalue weighted by atomic mass is 9.82. The van der Waals surface area contributed by atoms with Crippen LogP contribution >= 0.6 is 0 Å². The lowest BCUT2D eigenvalue weighted by Gasteiger charge is -2.41. The standard InChI is InChI=1S/C20H22N2O/c1-2-6-14-9-3-10-15(19(14)23)20-21-16-11-4-7-13-8-5-12-17(22-20)18(13)16/h2-4,7,9-10,12,16,20-23H,1,5-6,8,11H2. The molecule has 0 spiro atoms. The van der Waals surface area contributed by atoms with Gasteiger partial charge in [-0.25, -0.2) is 0 Å². The number of benzene rings is 1. The number of hydrogen-bond acceptors (Lipinski definition) is 3. The Morgan fingerprint density at radius 1 is 1.35 bits per heavy atom. The van der Waals surface area contributed by atoms with E-state index in [1.54, 1.807) is 0 Å². The molecular weight excluding hydrogens is 284 g/mol. The molecule has 118 valence electrons. The predicted molar refractivity (Wildman–Crippen MR) is 92.9 cm³/mol. The van der Waals surface area contributed by atoms with Crippen LogP contribution in [0.4, 0.5) is 0 Å². The zero-order chi connectivity index (χ0) is 15.8. The van der Waals surface area contributed by atoms with Crippen molar-refractivity contribution in [2.75, 3.05) is 0 Å². The molecule has 0 radical (unpaired) electrons. The molecular formula is C20H22N2O. The van der Waals surface area contributed by atoms with Crippen LogP contribution in [0.1, 0.15) is 36.6 Å². The molecule has 4 rings (SSSR count). The third-order valence-electron chi connectivity index (χ3n) is 4.93. The molecule has 0 saturated carbocycles. The minimum Gasteiger partial charge on any atom is -0.507 e. The van der Waals surface area contributed by atoms with E-state index in [-0.39, 0.29) is 6.17 Å². The van der Waals surface area contributed by atoms with Crippen LogP contribution in [0.2, 0.25) is 0 Å². The summed E-state index contributed by atoms with van der Waals surface area (Å²) in [6.45, 7) is 3.77. The van der Waals surface area contributed by atoms with Crippen molar-refractivity contribution >= 4 is 0 Å². The molecule has 1 aliphatic heterocycles. The second-order valence-corrected chi connectivity index (χ2v) is 6.38. The Balaban J connectivity index is 1.69. The summed E-state index contributed by atoms with van der Waals surface area (Å²) in [4.78, 5) is 0. The monoisotopic (exact) mass is 306 g/mol. The van der Waals surface area contributed by atoms with Crippen LogP contribution in [0.25, 0.3) is 0 Å². The van der Waals surface area contributed by atoms with E-state index in [0.29, 0.717) is 18.2 Å². The van der Waals surface area contributed by atoms with Crippen LogP contribution in [0, 0.1) is 0 Å². The van der Waals surface area contributed by atoms with Crippen LogP contribution in [0.15, 0.2) is 65.9 Å². The van der Waals surface area contributed by atoms with Gasteiger partial charge in [-0.05, 0) is 42.4 Å². The fraction of sp³-hybridized carbons (Fsp3) is 0.300. The van der Waals surface area contributed by atoms with Gasteiger partial charge in [-0.1, -0.05) is 42.5 Å². The minimum absolute atomic E-state index is 0.0642. The normalized spacial score (nSPS) is 25.5. The number of hydrogen-bond donors (Lipinski definition) is 3. The van der Waals surface area contributed by atoms with E-state index in [0.717, 1.165) is 30.4 Å². The van der Waals surface area contributed by atoms with Crippen LogP contribution in [-0.2, 0) is 6.42 Å². The van der Waals surface area contributed by atoms with Gasteiger partial charge >= 0.3 is 0 Å². The molecule has 2 atom stereocenters. The zero-order valence-corrected chi connectivity index (χ0v) is 13.2. The topological polar surface area (TPSA) is 44.3 Å². The van der Waals surface area contributed by atoms with E-state index >= 15 is 0 Å². The number of phenols is 1. The first-order chi connectivity index (χ1) is 11.3. The van der Waals surface area contributed by atoms with Gasteiger partial charge in [-0.15, -0.1) is 6.58 Å². The summed E-state index contributed by atoms with van der Waals surface area (Å²) in [5.74, 6) is 0.368. The fourth-order valence-electron chi connectivity index (χ4n) is 3.86. The fourth-order valence-corrected chi connectivity index (χ4v) is 3.86. The molecule has 1 aromatic rings. The van der Waals surface area contributed by atoms with Gasteiger partial charge in [0.15, 0.2) is 0 Å². The van der Waals surface area contributed by atoms with Gasteiger partial charge in [0.25, 0.3) is 0 Å². The molecule has 2 aliphatic carbocycles. The van der Waals surface area contributed by atoms with Gasteiger partial charge in [0.1, 0.15) is 11.9 Å². The first kappa shape index (κ1) is 14.3. The van der Waals surface area contributed by atoms with Crippen molar-refractivity contribution in [2.45, 2.75) is 37.9 Å². The van der Waals surface area contributed by atoms with Crippen molar-refractivity contribution < 1.29 is 5.11 Å². The molecule has 2 unspecified atom stereocenters. The van der Waals surface area contributed by atoms with E-state index in [1.807, 2.05) is 24.3 Å². The number of nitrogens with one attached hydrogen (secondary N) is 2. The van der Waals surface area contributed by atoms with E-state index < -0.39 is 0 Å². The van der Waals surface area contributed by atoms with E-state index in [1.165, 1.54) is 16.8 Å². The highest BCUT2D eigenvalue weighted by molar-refractivity contribution is 5.51. The highest BCUT2D eigenvalue weighted by atomic mass is 16.3. The van der Waals surface area contributed by atoms with E-state index in [2.05, 4.69) is 35.4 Å². The first-order valence-electron chi connectivity index (χ1n) is 8.32. The van der Waals surface area contributed by atoms with Crippen LogP contribution in [0.3, 0.4) is 0 Å². The van der Waals surface area contributed by atoms with Crippen LogP contribution in [0.5, 0.6) is 5.75 Å². The highest BCUT2D eigenvalue weighted by Gasteiger charge is 2.33. The van der Waals surface area contributed by atoms with Crippen molar-refractivity contribution in [3.63, 3.8) is 0 Å². The van der Waals surface area contributed by atoms with Crippen molar-refractivity contribution in [1.82, 2.24) is 10.6 Å². The molecule has 1 aromatic carbocycles. The van der Waals surface area contributed by atoms with Gasteiger partial charge in [-0.3, -0.25) is 5.32 Å². The predicted octanol–water partition coefficient (Wildman–Crippen LogP) is 3.61. The lowest BCUT2D eigenvalue weighted by Crippen LogP contribution is -2.49. The number of para-hydroxylation sites is 1. The molecule has 3 nitrogen and oxygen atoms in total. The Hall–Kier alpha value is -2.26. The Morgan fingerprint density at radius 3 is 3.13 bits per heavy atom. The summed E-state index contributed by atoms with van der Waals surface area (Å²) >= 11 is 0. The third kappa shape index (κ3) is 2.41. The highest BCUT2D eigenvalue weighted by Crippen LogP contribution is 2.38. The zero-order valence-electron chi connectivity index (χ0n) is 13.2. The molecule has 3 N–H and O–H groups in total. The van der Waals surface area contributed by atoms with Gasteiger partial charge in [0, 0.05) is 17.3 Å². The molecule has 23 heavy (non-hydrogen) atoms. The lowest BCUT2D eigenvalue weighted by molar-refractivity contribution is 0.369. The summed E-state index contributed by atoms with van der Waals surface area (Å²) in [5, 5.41) is 17.9. The Bertz CT molecular complexity index is 742. The maximum atomic E-state index is 10.6. The SMILES string of the molecule is C=CCc1cccc(C2NC3=CCCC4=C3C(CC=C4)N2)c1O. The molecule has 1 heterocycles. The van der Waals surface area contributed by atoms with Crippen molar-refractivity contribution in [3.05, 3.63) is 77.1 Å². The molecule has 0 aromatic heterocycles. The third-order valence-corrected chi connectivity index (χ3v) is 4.93.